The van der Waals surface area contributed by atoms with Crippen molar-refractivity contribution in [3.63, 3.8) is 0 Å². The molecule has 0 bridgehead atoms. The topological polar surface area (TPSA) is 56.7 Å². The minimum Gasteiger partial charge on any atom is -0.356 e. The molecule has 5 nitrogen and oxygen atoms in total. The highest BCUT2D eigenvalue weighted by molar-refractivity contribution is 7.09. The van der Waals surface area contributed by atoms with Gasteiger partial charge in [0.05, 0.1) is 0 Å². The highest BCUT2D eigenvalue weighted by atomic mass is 32.1. The van der Waals surface area contributed by atoms with Crippen LogP contribution in [0.1, 0.15) is 23.3 Å². The molecule has 1 saturated carbocycles. The van der Waals surface area contributed by atoms with Gasteiger partial charge in [0.1, 0.15) is 18.2 Å². The van der Waals surface area contributed by atoms with Crippen molar-refractivity contribution in [3.05, 3.63) is 57.8 Å². The van der Waals surface area contributed by atoms with Gasteiger partial charge in [-0.1, -0.05) is 12.1 Å². The van der Waals surface area contributed by atoms with Crippen LogP contribution in [0.5, 0.6) is 0 Å². The van der Waals surface area contributed by atoms with Gasteiger partial charge in [-0.05, 0) is 42.3 Å². The van der Waals surface area contributed by atoms with Gasteiger partial charge < -0.3 is 15.5 Å². The second-order valence-electron chi connectivity index (χ2n) is 7.47. The number of carbonyl (C=O) groups excluding carboxylic acids is 1. The molecule has 2 aromatic rings. The predicted molar refractivity (Wildman–Crippen MR) is 112 cm³/mol. The van der Waals surface area contributed by atoms with Gasteiger partial charge in [0.15, 0.2) is 5.96 Å². The van der Waals surface area contributed by atoms with Crippen LogP contribution in [0.4, 0.5) is 8.78 Å². The number of hydrogen-bond acceptors (Lipinski definition) is 3. The molecule has 1 fully saturated rings. The van der Waals surface area contributed by atoms with Crippen molar-refractivity contribution in [2.75, 3.05) is 33.7 Å². The van der Waals surface area contributed by atoms with E-state index in [4.69, 9.17) is 0 Å². The minimum absolute atomic E-state index is 0.0270. The summed E-state index contributed by atoms with van der Waals surface area (Å²) in [6.07, 6.45) is 2.49. The maximum absolute atomic E-state index is 14.3. The minimum atomic E-state index is -0.574. The number of likely N-dealkylation sites (N-methyl/N-ethyl adjacent to an activating group) is 1. The summed E-state index contributed by atoms with van der Waals surface area (Å²) >= 11 is 1.69. The van der Waals surface area contributed by atoms with E-state index in [1.807, 2.05) is 11.4 Å². The number of carbonyl (C=O) groups is 1. The second-order valence-corrected chi connectivity index (χ2v) is 8.50. The lowest BCUT2D eigenvalue weighted by molar-refractivity contribution is -0.127. The number of guanidine groups is 1. The highest BCUT2D eigenvalue weighted by Crippen LogP contribution is 2.48. The van der Waals surface area contributed by atoms with Crippen LogP contribution >= 0.6 is 11.3 Å². The third-order valence-corrected chi connectivity index (χ3v) is 6.00. The van der Waals surface area contributed by atoms with Crippen molar-refractivity contribution in [2.45, 2.75) is 24.7 Å². The first kappa shape index (κ1) is 21.2. The number of aliphatic imine (C=N–C) groups is 1. The average Bonchev–Trinajstić information content (AvgIpc) is 3.27. The maximum Gasteiger partial charge on any atom is 0.243 e. The zero-order valence-corrected chi connectivity index (χ0v) is 17.5. The third-order valence-electron chi connectivity index (χ3n) is 5.07. The summed E-state index contributed by atoms with van der Waals surface area (Å²) in [5, 5.41) is 8.53. The van der Waals surface area contributed by atoms with E-state index in [2.05, 4.69) is 21.7 Å². The summed E-state index contributed by atoms with van der Waals surface area (Å²) in [4.78, 5) is 19.0. The number of benzene rings is 1. The van der Waals surface area contributed by atoms with Crippen LogP contribution in [0.3, 0.4) is 0 Å². The summed E-state index contributed by atoms with van der Waals surface area (Å²) in [7, 11) is 3.37. The van der Waals surface area contributed by atoms with E-state index < -0.39 is 11.6 Å². The molecule has 1 aromatic carbocycles. The molecular formula is C21H26F2N4OS. The molecule has 2 N–H and O–H groups in total. The predicted octanol–water partition coefficient (Wildman–Crippen LogP) is 2.92. The molecule has 156 valence electrons. The SMILES string of the molecule is CN(C)C(=O)CN=C(NCCc1cccs1)NCC1(c2ccc(F)cc2F)CC1. The molecule has 0 spiro atoms. The number of halogens is 2. The monoisotopic (exact) mass is 420 g/mol. The Morgan fingerprint density at radius 3 is 2.66 bits per heavy atom. The quantitative estimate of drug-likeness (QED) is 0.510. The van der Waals surface area contributed by atoms with Gasteiger partial charge in [0, 0.05) is 43.5 Å². The number of rotatable bonds is 8. The van der Waals surface area contributed by atoms with Crippen LogP contribution in [-0.2, 0) is 16.6 Å². The van der Waals surface area contributed by atoms with Crippen LogP contribution in [0.25, 0.3) is 0 Å². The van der Waals surface area contributed by atoms with Crippen LogP contribution < -0.4 is 10.6 Å². The van der Waals surface area contributed by atoms with Crippen molar-refractivity contribution in [1.82, 2.24) is 15.5 Å². The van der Waals surface area contributed by atoms with Crippen LogP contribution in [0.15, 0.2) is 40.7 Å². The molecular weight excluding hydrogens is 394 g/mol. The van der Waals surface area contributed by atoms with E-state index in [9.17, 15) is 13.6 Å². The van der Waals surface area contributed by atoms with Gasteiger partial charge in [-0.3, -0.25) is 4.79 Å². The van der Waals surface area contributed by atoms with Gasteiger partial charge in [0.25, 0.3) is 0 Å². The number of hydrogen-bond donors (Lipinski definition) is 2. The molecule has 1 heterocycles. The van der Waals surface area contributed by atoms with Gasteiger partial charge in [-0.2, -0.15) is 0 Å². The van der Waals surface area contributed by atoms with Gasteiger partial charge >= 0.3 is 0 Å². The lowest BCUT2D eigenvalue weighted by Gasteiger charge is -2.20. The van der Waals surface area contributed by atoms with E-state index in [1.165, 1.54) is 21.9 Å². The first-order valence-corrected chi connectivity index (χ1v) is 10.5. The summed E-state index contributed by atoms with van der Waals surface area (Å²) in [5.41, 5.74) is 0.160. The Morgan fingerprint density at radius 2 is 2.03 bits per heavy atom. The number of thiophene rings is 1. The highest BCUT2D eigenvalue weighted by Gasteiger charge is 2.46. The van der Waals surface area contributed by atoms with Crippen molar-refractivity contribution in [3.8, 4) is 0 Å². The zero-order chi connectivity index (χ0) is 20.9. The number of amides is 1. The largest absolute Gasteiger partial charge is 0.356 e. The zero-order valence-electron chi connectivity index (χ0n) is 16.7. The van der Waals surface area contributed by atoms with Crippen molar-refractivity contribution in [2.24, 2.45) is 4.99 Å². The number of nitrogens with zero attached hydrogens (tertiary/aromatic N) is 2. The molecule has 0 saturated heterocycles. The number of nitrogens with one attached hydrogen (secondary N) is 2. The molecule has 1 aliphatic carbocycles. The van der Waals surface area contributed by atoms with Gasteiger partial charge in [-0.15, -0.1) is 11.3 Å². The molecule has 29 heavy (non-hydrogen) atoms. The van der Waals surface area contributed by atoms with E-state index in [0.29, 0.717) is 24.6 Å². The molecule has 0 aliphatic heterocycles. The lowest BCUT2D eigenvalue weighted by Crippen LogP contribution is -2.43. The molecule has 0 unspecified atom stereocenters. The molecule has 1 aliphatic rings. The second kappa shape index (κ2) is 9.35. The Morgan fingerprint density at radius 1 is 1.24 bits per heavy atom. The molecule has 0 atom stereocenters. The first-order chi connectivity index (χ1) is 13.9. The fourth-order valence-electron chi connectivity index (χ4n) is 3.09. The van der Waals surface area contributed by atoms with E-state index in [0.717, 1.165) is 25.3 Å². The summed E-state index contributed by atoms with van der Waals surface area (Å²) in [6.45, 7) is 1.16. The van der Waals surface area contributed by atoms with E-state index in [-0.39, 0.29) is 17.9 Å². The lowest BCUT2D eigenvalue weighted by atomic mass is 9.95. The van der Waals surface area contributed by atoms with E-state index >= 15 is 0 Å². The standard InChI is InChI=1S/C21H26F2N4OS/c1-27(2)19(28)13-25-20(24-10-7-16-4-3-11-29-16)26-14-21(8-9-21)17-6-5-15(22)12-18(17)23/h3-6,11-12H,7-10,13-14H2,1-2H3,(H2,24,25,26). The summed E-state index contributed by atoms with van der Waals surface area (Å²) in [6, 6.07) is 7.83. The van der Waals surface area contributed by atoms with Crippen molar-refractivity contribution >= 4 is 23.2 Å². The summed E-state index contributed by atoms with van der Waals surface area (Å²) in [5.74, 6) is -0.674. The Bertz CT molecular complexity index is 864. The smallest absolute Gasteiger partial charge is 0.243 e. The fraction of sp³-hybridized carbons (Fsp3) is 0.429. The molecule has 1 amide bonds. The van der Waals surface area contributed by atoms with Crippen molar-refractivity contribution < 1.29 is 13.6 Å². The van der Waals surface area contributed by atoms with Crippen LogP contribution in [0.2, 0.25) is 0 Å². The van der Waals surface area contributed by atoms with Gasteiger partial charge in [-0.25, -0.2) is 13.8 Å². The van der Waals surface area contributed by atoms with E-state index in [1.54, 1.807) is 25.4 Å². The van der Waals surface area contributed by atoms with Crippen molar-refractivity contribution in [1.29, 1.82) is 0 Å². The van der Waals surface area contributed by atoms with Crippen LogP contribution in [-0.4, -0.2) is 50.5 Å². The first-order valence-electron chi connectivity index (χ1n) is 9.60. The normalized spacial score (nSPS) is 15.1. The van der Waals surface area contributed by atoms with Crippen LogP contribution in [0, 0.1) is 11.6 Å². The molecule has 1 aromatic heterocycles. The maximum atomic E-state index is 14.3. The Balaban J connectivity index is 1.63. The summed E-state index contributed by atoms with van der Waals surface area (Å²) < 4.78 is 27.5. The van der Waals surface area contributed by atoms with Gasteiger partial charge in [0.2, 0.25) is 5.91 Å². The average molecular weight is 421 g/mol. The third kappa shape index (κ3) is 5.76. The molecule has 0 radical (unpaired) electrons. The molecule has 8 heteroatoms. The fourth-order valence-corrected chi connectivity index (χ4v) is 3.80. The Hall–Kier alpha value is -2.48. The Labute approximate surface area is 173 Å². The molecule has 3 rings (SSSR count). The Kier molecular flexibility index (Phi) is 6.84.